The first-order valence-corrected chi connectivity index (χ1v) is 7.08. The zero-order valence-electron chi connectivity index (χ0n) is 10.3. The van der Waals surface area contributed by atoms with Gasteiger partial charge in [0.05, 0.1) is 10.6 Å². The van der Waals surface area contributed by atoms with Crippen LogP contribution in [0.2, 0.25) is 5.02 Å². The van der Waals surface area contributed by atoms with Crippen LogP contribution in [0.4, 0.5) is 17.1 Å². The Balaban J connectivity index is 2.51. The third-order valence-corrected chi connectivity index (χ3v) is 3.78. The first-order valence-electron chi connectivity index (χ1n) is 5.63. The summed E-state index contributed by atoms with van der Waals surface area (Å²) >= 11 is 7.88. The molecule has 108 valence electrons. The fourth-order valence-electron chi connectivity index (χ4n) is 1.75. The highest BCUT2D eigenvalue weighted by atomic mass is 127. The van der Waals surface area contributed by atoms with Crippen molar-refractivity contribution in [2.45, 2.75) is 0 Å². The first-order chi connectivity index (χ1) is 9.90. The van der Waals surface area contributed by atoms with Crippen molar-refractivity contribution in [3.05, 3.63) is 60.7 Å². The van der Waals surface area contributed by atoms with Crippen LogP contribution in [-0.4, -0.2) is 16.0 Å². The highest BCUT2D eigenvalue weighted by molar-refractivity contribution is 14.1. The predicted octanol–water partition coefficient (Wildman–Crippen LogP) is 4.29. The van der Waals surface area contributed by atoms with Crippen LogP contribution in [0.1, 0.15) is 10.4 Å². The Morgan fingerprint density at radius 3 is 2.57 bits per heavy atom. The van der Waals surface area contributed by atoms with Gasteiger partial charge in [-0.25, -0.2) is 4.79 Å². The molecule has 0 heterocycles. The van der Waals surface area contributed by atoms with E-state index in [9.17, 15) is 14.9 Å². The number of rotatable bonds is 4. The number of carboxylic acid groups (broad SMARTS) is 1. The number of benzene rings is 2. The van der Waals surface area contributed by atoms with Gasteiger partial charge in [-0.15, -0.1) is 0 Å². The molecule has 8 heteroatoms. The van der Waals surface area contributed by atoms with Gasteiger partial charge in [0.25, 0.3) is 0 Å². The maximum Gasteiger partial charge on any atom is 0.342 e. The third kappa shape index (κ3) is 3.42. The minimum absolute atomic E-state index is 0.111. The van der Waals surface area contributed by atoms with E-state index < -0.39 is 16.6 Å². The Kier molecular flexibility index (Phi) is 4.63. The van der Waals surface area contributed by atoms with E-state index >= 15 is 0 Å². The lowest BCUT2D eigenvalue weighted by molar-refractivity contribution is -0.384. The van der Waals surface area contributed by atoms with Crippen molar-refractivity contribution in [2.75, 3.05) is 5.32 Å². The van der Waals surface area contributed by atoms with E-state index in [0.717, 1.165) is 3.57 Å². The minimum atomic E-state index is -1.35. The number of aromatic carboxylic acids is 1. The van der Waals surface area contributed by atoms with Crippen LogP contribution in [-0.2, 0) is 0 Å². The second-order valence-electron chi connectivity index (χ2n) is 4.01. The lowest BCUT2D eigenvalue weighted by Gasteiger charge is -2.10. The molecule has 0 aliphatic carbocycles. The van der Waals surface area contributed by atoms with Gasteiger partial charge < -0.3 is 10.4 Å². The molecule has 0 amide bonds. The number of halogens is 2. The summed E-state index contributed by atoms with van der Waals surface area (Å²) < 4.78 is 0.759. The third-order valence-electron chi connectivity index (χ3n) is 2.65. The number of anilines is 2. The first kappa shape index (κ1) is 15.5. The van der Waals surface area contributed by atoms with Crippen molar-refractivity contribution in [3.8, 4) is 0 Å². The zero-order valence-corrected chi connectivity index (χ0v) is 13.3. The average molecular weight is 419 g/mol. The fourth-order valence-corrected chi connectivity index (χ4v) is 2.76. The molecule has 0 fully saturated rings. The van der Waals surface area contributed by atoms with E-state index in [1.807, 2.05) is 22.6 Å². The van der Waals surface area contributed by atoms with Crippen molar-refractivity contribution < 1.29 is 14.8 Å². The van der Waals surface area contributed by atoms with E-state index in [-0.39, 0.29) is 11.3 Å². The van der Waals surface area contributed by atoms with Gasteiger partial charge in [-0.2, -0.15) is 0 Å². The van der Waals surface area contributed by atoms with E-state index in [2.05, 4.69) is 5.32 Å². The summed E-state index contributed by atoms with van der Waals surface area (Å²) in [6.45, 7) is 0. The number of nitro benzene ring substituents is 1. The lowest BCUT2D eigenvalue weighted by atomic mass is 10.1. The Morgan fingerprint density at radius 1 is 1.29 bits per heavy atom. The molecule has 2 N–H and O–H groups in total. The average Bonchev–Trinajstić information content (AvgIpc) is 2.41. The standard InChI is InChI=1S/C13H8ClIN2O4/c14-7-4-5-10(9(15)6-7)16-11-3-1-2-8(13(18)19)12(11)17(20)21/h1-6,16H,(H,18,19). The largest absolute Gasteiger partial charge is 0.477 e. The van der Waals surface area contributed by atoms with Crippen molar-refractivity contribution in [1.82, 2.24) is 0 Å². The molecule has 2 aromatic carbocycles. The quantitative estimate of drug-likeness (QED) is 0.439. The van der Waals surface area contributed by atoms with Crippen molar-refractivity contribution in [3.63, 3.8) is 0 Å². The van der Waals surface area contributed by atoms with Crippen LogP contribution in [0.15, 0.2) is 36.4 Å². The minimum Gasteiger partial charge on any atom is -0.477 e. The number of nitro groups is 1. The number of nitrogens with one attached hydrogen (secondary N) is 1. The Morgan fingerprint density at radius 2 is 2.00 bits per heavy atom. The number of nitrogens with zero attached hydrogens (tertiary/aromatic N) is 1. The van der Waals surface area contributed by atoms with E-state index in [0.29, 0.717) is 10.7 Å². The molecule has 0 atom stereocenters. The second-order valence-corrected chi connectivity index (χ2v) is 5.61. The Bertz CT molecular complexity index is 736. The summed E-state index contributed by atoms with van der Waals surface area (Å²) in [7, 11) is 0. The van der Waals surface area contributed by atoms with Crippen molar-refractivity contribution in [2.24, 2.45) is 0 Å². The Labute approximate surface area is 138 Å². The molecule has 0 saturated carbocycles. The van der Waals surface area contributed by atoms with E-state index in [1.165, 1.54) is 18.2 Å². The van der Waals surface area contributed by atoms with Crippen LogP contribution in [0.3, 0.4) is 0 Å². The maximum atomic E-state index is 11.2. The molecule has 0 bridgehead atoms. The lowest BCUT2D eigenvalue weighted by Crippen LogP contribution is -2.06. The van der Waals surface area contributed by atoms with E-state index in [1.54, 1.807) is 18.2 Å². The SMILES string of the molecule is O=C(O)c1cccc(Nc2ccc(Cl)cc2I)c1[N+](=O)[O-]. The molecule has 0 spiro atoms. The van der Waals surface area contributed by atoms with Crippen molar-refractivity contribution >= 4 is 57.2 Å². The van der Waals surface area contributed by atoms with Gasteiger partial charge in [-0.3, -0.25) is 10.1 Å². The zero-order chi connectivity index (χ0) is 15.6. The van der Waals surface area contributed by atoms with Gasteiger partial charge in [-0.05, 0) is 52.9 Å². The van der Waals surface area contributed by atoms with E-state index in [4.69, 9.17) is 16.7 Å². The monoisotopic (exact) mass is 418 g/mol. The molecule has 0 radical (unpaired) electrons. The van der Waals surface area contributed by atoms with Crippen LogP contribution in [0.25, 0.3) is 0 Å². The molecule has 2 rings (SSSR count). The highest BCUT2D eigenvalue weighted by Crippen LogP contribution is 2.33. The molecule has 0 aliphatic rings. The second kappa shape index (κ2) is 6.27. The summed E-state index contributed by atoms with van der Waals surface area (Å²) in [6, 6.07) is 9.09. The molecule has 0 aromatic heterocycles. The molecule has 0 unspecified atom stereocenters. The number of carbonyl (C=O) groups is 1. The predicted molar refractivity (Wildman–Crippen MR) is 87.5 cm³/mol. The summed E-state index contributed by atoms with van der Waals surface area (Å²) in [4.78, 5) is 21.5. The van der Waals surface area contributed by atoms with Crippen molar-refractivity contribution in [1.29, 1.82) is 0 Å². The van der Waals surface area contributed by atoms with Gasteiger partial charge in [0.1, 0.15) is 11.3 Å². The fraction of sp³-hybridized carbons (Fsp3) is 0. The molecular formula is C13H8ClIN2O4. The molecule has 21 heavy (non-hydrogen) atoms. The smallest absolute Gasteiger partial charge is 0.342 e. The normalized spacial score (nSPS) is 10.2. The molecule has 6 nitrogen and oxygen atoms in total. The van der Waals surface area contributed by atoms with Gasteiger partial charge in [0.2, 0.25) is 0 Å². The van der Waals surface area contributed by atoms with Crippen LogP contribution in [0, 0.1) is 13.7 Å². The Hall–Kier alpha value is -1.87. The van der Waals surface area contributed by atoms with Gasteiger partial charge in [0.15, 0.2) is 0 Å². The summed E-state index contributed by atoms with van der Waals surface area (Å²) in [6.07, 6.45) is 0. The van der Waals surface area contributed by atoms with Gasteiger partial charge in [0, 0.05) is 8.59 Å². The maximum absolute atomic E-state index is 11.2. The number of para-hydroxylation sites is 1. The summed E-state index contributed by atoms with van der Waals surface area (Å²) in [5, 5.41) is 23.6. The van der Waals surface area contributed by atoms with Gasteiger partial charge >= 0.3 is 11.7 Å². The van der Waals surface area contributed by atoms with Crippen LogP contribution < -0.4 is 5.32 Å². The highest BCUT2D eigenvalue weighted by Gasteiger charge is 2.24. The number of carboxylic acids is 1. The molecule has 0 saturated heterocycles. The number of hydrogen-bond donors (Lipinski definition) is 2. The molecular weight excluding hydrogens is 411 g/mol. The van der Waals surface area contributed by atoms with Gasteiger partial charge in [-0.1, -0.05) is 17.7 Å². The number of hydrogen-bond acceptors (Lipinski definition) is 4. The molecule has 0 aliphatic heterocycles. The topological polar surface area (TPSA) is 92.5 Å². The van der Waals surface area contributed by atoms with Crippen LogP contribution in [0.5, 0.6) is 0 Å². The molecule has 2 aromatic rings. The summed E-state index contributed by atoms with van der Waals surface area (Å²) in [5.41, 5.74) is -0.129. The van der Waals surface area contributed by atoms with Crippen LogP contribution >= 0.6 is 34.2 Å². The summed E-state index contributed by atoms with van der Waals surface area (Å²) in [5.74, 6) is -1.35.